The fourth-order valence-electron chi connectivity index (χ4n) is 2.82. The minimum absolute atomic E-state index is 0.352. The highest BCUT2D eigenvalue weighted by Crippen LogP contribution is 2.29. The van der Waals surface area contributed by atoms with Crippen molar-refractivity contribution in [3.05, 3.63) is 53.6 Å². The first-order chi connectivity index (χ1) is 13.3. The van der Waals surface area contributed by atoms with E-state index in [1.165, 1.54) is 19.1 Å². The van der Waals surface area contributed by atoms with E-state index in [0.29, 0.717) is 28.2 Å². The summed E-state index contributed by atoms with van der Waals surface area (Å²) in [6, 6.07) is 6.93. The Bertz CT molecular complexity index is 921. The molecule has 2 aromatic rings. The van der Waals surface area contributed by atoms with Crippen molar-refractivity contribution in [1.82, 2.24) is 4.90 Å². The first-order valence-electron chi connectivity index (χ1n) is 8.16. The van der Waals surface area contributed by atoms with Crippen LogP contribution >= 0.6 is 0 Å². The van der Waals surface area contributed by atoms with Crippen LogP contribution in [0.5, 0.6) is 11.5 Å². The highest BCUT2D eigenvalue weighted by Gasteiger charge is 2.35. The Morgan fingerprint density at radius 1 is 0.857 bits per heavy atom. The Morgan fingerprint density at radius 3 is 1.96 bits per heavy atom. The Balaban J connectivity index is 1.86. The molecule has 0 saturated carbocycles. The molecule has 1 aliphatic rings. The van der Waals surface area contributed by atoms with Crippen molar-refractivity contribution in [2.45, 2.75) is 0 Å². The third-order valence-electron chi connectivity index (χ3n) is 4.19. The number of rotatable bonds is 4. The molecule has 0 unspecified atom stereocenters. The second-order valence-corrected chi connectivity index (χ2v) is 5.99. The number of amides is 3. The zero-order valence-electron chi connectivity index (χ0n) is 15.1. The predicted molar refractivity (Wildman–Crippen MR) is 94.3 cm³/mol. The molecule has 7 nitrogen and oxygen atoms in total. The van der Waals surface area contributed by atoms with Crippen molar-refractivity contribution in [2.24, 2.45) is 0 Å². The van der Waals surface area contributed by atoms with Crippen molar-refractivity contribution < 1.29 is 32.6 Å². The summed E-state index contributed by atoms with van der Waals surface area (Å²) in [6.07, 6.45) is 0. The second-order valence-electron chi connectivity index (χ2n) is 5.99. The number of imide groups is 1. The maximum absolute atomic E-state index is 13.4. The number of ether oxygens (including phenoxy) is 2. The molecule has 0 spiro atoms. The number of piperazine rings is 1. The minimum Gasteiger partial charge on any atom is -0.497 e. The van der Waals surface area contributed by atoms with Gasteiger partial charge in [-0.15, -0.1) is 0 Å². The number of hydrogen-bond donors (Lipinski definition) is 0. The lowest BCUT2D eigenvalue weighted by Gasteiger charge is -2.33. The van der Waals surface area contributed by atoms with E-state index in [1.54, 1.807) is 18.2 Å². The smallest absolute Gasteiger partial charge is 0.261 e. The van der Waals surface area contributed by atoms with Gasteiger partial charge in [-0.25, -0.2) is 8.78 Å². The molecule has 9 heteroatoms. The Morgan fingerprint density at radius 2 is 1.43 bits per heavy atom. The van der Waals surface area contributed by atoms with E-state index in [9.17, 15) is 23.2 Å². The number of carbonyl (C=O) groups is 3. The number of hydrogen-bond acceptors (Lipinski definition) is 5. The van der Waals surface area contributed by atoms with E-state index in [4.69, 9.17) is 9.47 Å². The molecular formula is C19H16F2N2O5. The molecule has 0 bridgehead atoms. The molecule has 28 heavy (non-hydrogen) atoms. The van der Waals surface area contributed by atoms with Gasteiger partial charge in [-0.1, -0.05) is 0 Å². The fraction of sp³-hybridized carbons (Fsp3) is 0.211. The maximum atomic E-state index is 13.4. The molecule has 0 aromatic heterocycles. The lowest BCUT2D eigenvalue weighted by molar-refractivity contribution is -0.135. The van der Waals surface area contributed by atoms with Crippen LogP contribution in [0.2, 0.25) is 0 Å². The van der Waals surface area contributed by atoms with Gasteiger partial charge in [0.25, 0.3) is 5.91 Å². The van der Waals surface area contributed by atoms with Crippen molar-refractivity contribution in [2.75, 3.05) is 32.2 Å². The third-order valence-corrected chi connectivity index (χ3v) is 4.19. The lowest BCUT2D eigenvalue weighted by Crippen LogP contribution is -2.55. The molecule has 0 radical (unpaired) electrons. The van der Waals surface area contributed by atoms with Gasteiger partial charge in [0.15, 0.2) is 0 Å². The Hall–Kier alpha value is -3.49. The molecule has 0 N–H and O–H groups in total. The molecule has 2 aromatic carbocycles. The minimum atomic E-state index is -0.954. The highest BCUT2D eigenvalue weighted by molar-refractivity contribution is 6.14. The van der Waals surface area contributed by atoms with Crippen LogP contribution in [0.1, 0.15) is 10.4 Å². The zero-order chi connectivity index (χ0) is 20.4. The number of halogens is 2. The fourth-order valence-corrected chi connectivity index (χ4v) is 2.82. The first kappa shape index (κ1) is 19.3. The van der Waals surface area contributed by atoms with Gasteiger partial charge in [0.05, 0.1) is 19.9 Å². The normalized spacial score (nSPS) is 14.3. The first-order valence-corrected chi connectivity index (χ1v) is 8.16. The average molecular weight is 390 g/mol. The number of methoxy groups -OCH3 is 2. The zero-order valence-corrected chi connectivity index (χ0v) is 15.1. The van der Waals surface area contributed by atoms with Gasteiger partial charge in [0, 0.05) is 29.8 Å². The van der Waals surface area contributed by atoms with Crippen LogP contribution in [0.25, 0.3) is 0 Å². The van der Waals surface area contributed by atoms with E-state index in [1.807, 2.05) is 0 Å². The summed E-state index contributed by atoms with van der Waals surface area (Å²) in [5, 5.41) is 0. The summed E-state index contributed by atoms with van der Waals surface area (Å²) in [7, 11) is 2.89. The molecule has 0 aliphatic carbocycles. The van der Waals surface area contributed by atoms with Gasteiger partial charge in [-0.2, -0.15) is 0 Å². The van der Waals surface area contributed by atoms with Gasteiger partial charge in [0.1, 0.15) is 36.2 Å². The van der Waals surface area contributed by atoms with Crippen molar-refractivity contribution in [3.8, 4) is 11.5 Å². The van der Waals surface area contributed by atoms with E-state index in [-0.39, 0.29) is 5.56 Å². The second kappa shape index (κ2) is 7.63. The van der Waals surface area contributed by atoms with Crippen LogP contribution in [0.3, 0.4) is 0 Å². The maximum Gasteiger partial charge on any atom is 0.261 e. The summed E-state index contributed by atoms with van der Waals surface area (Å²) < 4.78 is 37.0. The average Bonchev–Trinajstić information content (AvgIpc) is 2.67. The SMILES string of the molecule is COc1cc(OC)cc(N2CC(=O)N(C(=O)c3cc(F)cc(F)c3)CC2=O)c1. The largest absolute Gasteiger partial charge is 0.497 e. The van der Waals surface area contributed by atoms with Crippen LogP contribution in [0.15, 0.2) is 36.4 Å². The molecule has 1 fully saturated rings. The molecule has 0 atom stereocenters. The predicted octanol–water partition coefficient (Wildman–Crippen LogP) is 2.00. The van der Waals surface area contributed by atoms with Crippen LogP contribution in [-0.2, 0) is 9.59 Å². The van der Waals surface area contributed by atoms with Crippen molar-refractivity contribution in [1.29, 1.82) is 0 Å². The van der Waals surface area contributed by atoms with E-state index >= 15 is 0 Å². The highest BCUT2D eigenvalue weighted by atomic mass is 19.1. The quantitative estimate of drug-likeness (QED) is 0.747. The topological polar surface area (TPSA) is 76.2 Å². The van der Waals surface area contributed by atoms with Crippen molar-refractivity contribution >= 4 is 23.4 Å². The van der Waals surface area contributed by atoms with Gasteiger partial charge in [-0.05, 0) is 12.1 Å². The van der Waals surface area contributed by atoms with E-state index in [0.717, 1.165) is 12.1 Å². The summed E-state index contributed by atoms with van der Waals surface area (Å²) in [6.45, 7) is -0.978. The Labute approximate surface area is 159 Å². The summed E-state index contributed by atoms with van der Waals surface area (Å²) in [4.78, 5) is 39.4. The molecule has 1 saturated heterocycles. The van der Waals surface area contributed by atoms with Crippen LogP contribution in [0.4, 0.5) is 14.5 Å². The molecule has 3 rings (SSSR count). The van der Waals surface area contributed by atoms with Crippen molar-refractivity contribution in [3.63, 3.8) is 0 Å². The number of carbonyl (C=O) groups excluding carboxylic acids is 3. The third kappa shape index (κ3) is 3.78. The van der Waals surface area contributed by atoms with Gasteiger partial charge < -0.3 is 14.4 Å². The van der Waals surface area contributed by atoms with Crippen LogP contribution in [-0.4, -0.2) is 49.9 Å². The van der Waals surface area contributed by atoms with Crippen LogP contribution < -0.4 is 14.4 Å². The van der Waals surface area contributed by atoms with E-state index < -0.39 is 42.4 Å². The summed E-state index contributed by atoms with van der Waals surface area (Å²) in [5.74, 6) is -3.24. The van der Waals surface area contributed by atoms with Gasteiger partial charge in [-0.3, -0.25) is 19.3 Å². The summed E-state index contributed by atoms with van der Waals surface area (Å²) in [5.41, 5.74) is 0.00796. The molecule has 146 valence electrons. The molecule has 1 aliphatic heterocycles. The molecule has 3 amide bonds. The van der Waals surface area contributed by atoms with Gasteiger partial charge >= 0.3 is 0 Å². The molecular weight excluding hydrogens is 374 g/mol. The van der Waals surface area contributed by atoms with Crippen LogP contribution in [0, 0.1) is 11.6 Å². The molecule has 1 heterocycles. The Kier molecular flexibility index (Phi) is 5.25. The van der Waals surface area contributed by atoms with Gasteiger partial charge in [0.2, 0.25) is 11.8 Å². The monoisotopic (exact) mass is 390 g/mol. The number of anilines is 1. The lowest BCUT2D eigenvalue weighted by atomic mass is 10.1. The standard InChI is InChI=1S/C19H16F2N2O5/c1-27-15-6-14(7-16(8-15)28-2)22-9-18(25)23(10-17(22)24)19(26)11-3-12(20)5-13(21)4-11/h3-8H,9-10H2,1-2H3. The number of nitrogens with zero attached hydrogens (tertiary/aromatic N) is 2. The number of benzene rings is 2. The van der Waals surface area contributed by atoms with E-state index in [2.05, 4.69) is 0 Å². The summed E-state index contributed by atoms with van der Waals surface area (Å²) >= 11 is 0.